The fourth-order valence-electron chi connectivity index (χ4n) is 4.77. The Labute approximate surface area is 223 Å². The summed E-state index contributed by atoms with van der Waals surface area (Å²) in [4.78, 5) is 23.1. The zero-order valence-electron chi connectivity index (χ0n) is 20.9. The zero-order valence-corrected chi connectivity index (χ0v) is 21.8. The van der Waals surface area contributed by atoms with Gasteiger partial charge in [-0.2, -0.15) is 4.31 Å². The van der Waals surface area contributed by atoms with Crippen LogP contribution in [-0.2, 0) is 23.1 Å². The number of aliphatic hydroxyl groups excluding tert-OH is 1. The third kappa shape index (κ3) is 4.82. The van der Waals surface area contributed by atoms with Crippen LogP contribution in [-0.4, -0.2) is 58.3 Å². The number of rotatable bonds is 7. The van der Waals surface area contributed by atoms with E-state index < -0.39 is 39.1 Å². The molecule has 1 aliphatic heterocycles. The second-order valence-electron chi connectivity index (χ2n) is 9.08. The summed E-state index contributed by atoms with van der Waals surface area (Å²) < 4.78 is 56.5. The number of aromatic nitrogens is 2. The second-order valence-corrected chi connectivity index (χ2v) is 11.0. The fourth-order valence-corrected chi connectivity index (χ4v) is 6.42. The number of benzene rings is 3. The van der Waals surface area contributed by atoms with E-state index in [0.717, 1.165) is 21.5 Å². The van der Waals surface area contributed by atoms with Gasteiger partial charge < -0.3 is 15.7 Å². The van der Waals surface area contributed by atoms with Crippen LogP contribution in [0.5, 0.6) is 0 Å². The number of carbonyl (C=O) groups excluding carboxylic acids is 1. The molecular weight excluding hydrogens is 528 g/mol. The number of likely N-dealkylation sites (N-methyl/N-ethyl adjacent to an activating group) is 1. The van der Waals surface area contributed by atoms with Gasteiger partial charge in [0, 0.05) is 37.1 Å². The van der Waals surface area contributed by atoms with E-state index in [4.69, 9.17) is 5.73 Å². The molecule has 9 nitrogen and oxygen atoms in total. The van der Waals surface area contributed by atoms with Crippen molar-refractivity contribution >= 4 is 32.8 Å². The number of nitrogens with two attached hydrogens (primary N) is 1. The van der Waals surface area contributed by atoms with Gasteiger partial charge in [-0.15, -0.1) is 0 Å². The molecule has 0 aliphatic carbocycles. The lowest BCUT2D eigenvalue weighted by molar-refractivity contribution is 0.0747. The minimum Gasteiger partial charge on any atom is -0.395 e. The Balaban J connectivity index is 1.65. The Bertz CT molecular complexity index is 1690. The highest BCUT2D eigenvalue weighted by molar-refractivity contribution is 7.89. The number of aliphatic hydroxyl groups is 1. The van der Waals surface area contributed by atoms with Crippen molar-refractivity contribution in [2.75, 3.05) is 25.4 Å². The van der Waals surface area contributed by atoms with E-state index >= 15 is 0 Å². The van der Waals surface area contributed by atoms with Crippen molar-refractivity contribution in [2.24, 2.45) is 0 Å². The Morgan fingerprint density at radius 1 is 1.05 bits per heavy atom. The van der Waals surface area contributed by atoms with E-state index in [-0.39, 0.29) is 41.2 Å². The lowest BCUT2D eigenvalue weighted by Gasteiger charge is -2.22. The van der Waals surface area contributed by atoms with Crippen molar-refractivity contribution in [2.45, 2.75) is 24.9 Å². The maximum Gasteiger partial charge on any atom is 0.273 e. The summed E-state index contributed by atoms with van der Waals surface area (Å²) in [5.74, 6) is -3.10. The fraction of sp³-hybridized carbons (Fsp3) is 0.222. The van der Waals surface area contributed by atoms with Crippen LogP contribution in [0, 0.1) is 11.6 Å². The molecule has 0 radical (unpaired) electrons. The van der Waals surface area contributed by atoms with E-state index in [1.807, 2.05) is 24.3 Å². The monoisotopic (exact) mass is 553 g/mol. The van der Waals surface area contributed by atoms with Crippen molar-refractivity contribution in [1.82, 2.24) is 19.2 Å². The quantitative estimate of drug-likeness (QED) is 0.359. The number of hydrogen-bond acceptors (Lipinski definition) is 7. The van der Waals surface area contributed by atoms with Crippen LogP contribution in [0.15, 0.2) is 59.5 Å². The molecule has 2 heterocycles. The minimum absolute atomic E-state index is 0.00302. The first-order valence-corrected chi connectivity index (χ1v) is 13.6. The highest BCUT2D eigenvalue weighted by atomic mass is 32.2. The molecule has 1 amide bonds. The van der Waals surface area contributed by atoms with Crippen molar-refractivity contribution in [3.63, 3.8) is 0 Å². The van der Waals surface area contributed by atoms with Gasteiger partial charge in [-0.05, 0) is 41.0 Å². The van der Waals surface area contributed by atoms with E-state index in [2.05, 4.69) is 9.97 Å². The molecule has 4 aromatic rings. The predicted octanol–water partition coefficient (Wildman–Crippen LogP) is 3.32. The van der Waals surface area contributed by atoms with Gasteiger partial charge in [0.1, 0.15) is 5.69 Å². The summed E-state index contributed by atoms with van der Waals surface area (Å²) in [6.07, 6.45) is 0. The average molecular weight is 554 g/mol. The molecule has 0 saturated carbocycles. The first-order valence-electron chi connectivity index (χ1n) is 12.2. The largest absolute Gasteiger partial charge is 0.395 e. The van der Waals surface area contributed by atoms with Crippen LogP contribution in [0.2, 0.25) is 0 Å². The summed E-state index contributed by atoms with van der Waals surface area (Å²) in [5, 5.41) is 9.61. The lowest BCUT2D eigenvalue weighted by atomic mass is 10.0. The molecule has 202 valence electrons. The molecule has 39 heavy (non-hydrogen) atoms. The van der Waals surface area contributed by atoms with Crippen molar-refractivity contribution in [1.29, 1.82) is 0 Å². The van der Waals surface area contributed by atoms with Crippen molar-refractivity contribution in [3.05, 3.63) is 83.1 Å². The van der Waals surface area contributed by atoms with Gasteiger partial charge in [0.2, 0.25) is 16.0 Å². The number of sulfonamides is 1. The summed E-state index contributed by atoms with van der Waals surface area (Å²) in [7, 11) is -4.32. The Morgan fingerprint density at radius 2 is 1.72 bits per heavy atom. The smallest absolute Gasteiger partial charge is 0.273 e. The maximum absolute atomic E-state index is 14.4. The predicted molar refractivity (Wildman–Crippen MR) is 141 cm³/mol. The summed E-state index contributed by atoms with van der Waals surface area (Å²) in [6.45, 7) is 1.65. The van der Waals surface area contributed by atoms with Gasteiger partial charge in [-0.25, -0.2) is 27.2 Å². The average Bonchev–Trinajstić information content (AvgIpc) is 3.36. The molecule has 0 unspecified atom stereocenters. The van der Waals surface area contributed by atoms with E-state index in [9.17, 15) is 27.1 Å². The molecule has 12 heteroatoms. The van der Waals surface area contributed by atoms with Gasteiger partial charge in [0.15, 0.2) is 11.6 Å². The SMILES string of the molecule is CCN(CCO)S(=O)(=O)c1cc(F)c(F)cc1-c1ccc2nc(N)nc(C(=O)N3Cc4ccccc4C3)c2c1. The van der Waals surface area contributed by atoms with Crippen LogP contribution >= 0.6 is 0 Å². The third-order valence-electron chi connectivity index (χ3n) is 6.70. The molecule has 3 aromatic carbocycles. The van der Waals surface area contributed by atoms with Gasteiger partial charge >= 0.3 is 0 Å². The van der Waals surface area contributed by atoms with Crippen molar-refractivity contribution < 1.29 is 27.1 Å². The highest BCUT2D eigenvalue weighted by Gasteiger charge is 2.30. The number of amides is 1. The van der Waals surface area contributed by atoms with Crippen LogP contribution in [0.4, 0.5) is 14.7 Å². The van der Waals surface area contributed by atoms with Crippen LogP contribution < -0.4 is 5.73 Å². The number of halogens is 2. The molecule has 1 aliphatic rings. The number of nitrogen functional groups attached to an aromatic ring is 1. The van der Waals surface area contributed by atoms with Crippen LogP contribution in [0.25, 0.3) is 22.0 Å². The first-order chi connectivity index (χ1) is 18.6. The van der Waals surface area contributed by atoms with Crippen LogP contribution in [0.3, 0.4) is 0 Å². The Morgan fingerprint density at radius 3 is 2.36 bits per heavy atom. The molecule has 1 aromatic heterocycles. The third-order valence-corrected chi connectivity index (χ3v) is 8.71. The number of nitrogens with zero attached hydrogens (tertiary/aromatic N) is 4. The van der Waals surface area contributed by atoms with E-state index in [0.29, 0.717) is 24.7 Å². The highest BCUT2D eigenvalue weighted by Crippen LogP contribution is 2.34. The van der Waals surface area contributed by atoms with Gasteiger partial charge in [0.25, 0.3) is 5.91 Å². The van der Waals surface area contributed by atoms with Crippen molar-refractivity contribution in [3.8, 4) is 11.1 Å². The molecular formula is C27H25F2N5O4S. The number of anilines is 1. The topological polar surface area (TPSA) is 130 Å². The molecule has 0 bridgehead atoms. The maximum atomic E-state index is 14.4. The Hall–Kier alpha value is -4.00. The van der Waals surface area contributed by atoms with Gasteiger partial charge in [-0.3, -0.25) is 4.79 Å². The summed E-state index contributed by atoms with van der Waals surface area (Å²) in [6, 6.07) is 13.6. The number of hydrogen-bond donors (Lipinski definition) is 2. The van der Waals surface area contributed by atoms with Gasteiger partial charge in [0.05, 0.1) is 17.0 Å². The van der Waals surface area contributed by atoms with Crippen LogP contribution in [0.1, 0.15) is 28.5 Å². The molecule has 0 fully saturated rings. The second kappa shape index (κ2) is 10.3. The summed E-state index contributed by atoms with van der Waals surface area (Å²) >= 11 is 0. The molecule has 0 atom stereocenters. The Kier molecular flexibility index (Phi) is 7.02. The molecule has 3 N–H and O–H groups in total. The molecule has 0 saturated heterocycles. The molecule has 0 spiro atoms. The van der Waals surface area contributed by atoms with E-state index in [1.54, 1.807) is 11.8 Å². The summed E-state index contributed by atoms with van der Waals surface area (Å²) in [5.41, 5.74) is 8.35. The van der Waals surface area contributed by atoms with E-state index in [1.165, 1.54) is 18.2 Å². The lowest BCUT2D eigenvalue weighted by Crippen LogP contribution is -2.33. The van der Waals surface area contributed by atoms with Gasteiger partial charge in [-0.1, -0.05) is 37.3 Å². The zero-order chi connectivity index (χ0) is 27.9. The minimum atomic E-state index is -4.32. The normalized spacial score (nSPS) is 13.3. The number of carbonyl (C=O) groups is 1. The molecule has 5 rings (SSSR count). The number of fused-ring (bicyclic) bond motifs is 2. The standard InChI is InChI=1S/C27H25F2N5O4S/c1-2-34(9-10-35)39(37,38)24-13-22(29)21(28)12-19(24)16-7-8-23-20(11-16)25(32-27(30)31-23)26(36)33-14-17-5-3-4-6-18(17)15-33/h3-8,11-13,35H,2,9-10,14-15H2,1H3,(H2,30,31,32). The first kappa shape index (κ1) is 26.6.